The van der Waals surface area contributed by atoms with Gasteiger partial charge in [0.25, 0.3) is 5.91 Å². The summed E-state index contributed by atoms with van der Waals surface area (Å²) in [7, 11) is 2.95. The van der Waals surface area contributed by atoms with Crippen molar-refractivity contribution in [2.45, 2.75) is 19.4 Å². The van der Waals surface area contributed by atoms with Crippen molar-refractivity contribution >= 4 is 11.6 Å². The van der Waals surface area contributed by atoms with Crippen LogP contribution in [0.5, 0.6) is 11.5 Å². The van der Waals surface area contributed by atoms with E-state index in [2.05, 4.69) is 5.32 Å². The molecule has 0 saturated carbocycles. The molecule has 1 rings (SSSR count). The van der Waals surface area contributed by atoms with Crippen molar-refractivity contribution in [3.8, 4) is 11.5 Å². The van der Waals surface area contributed by atoms with Crippen LogP contribution in [0.2, 0.25) is 0 Å². The van der Waals surface area contributed by atoms with Gasteiger partial charge >= 0.3 is 0 Å². The average molecular weight is 268 g/mol. The highest BCUT2D eigenvalue weighted by Crippen LogP contribution is 2.31. The molecule has 4 N–H and O–H groups in total. The summed E-state index contributed by atoms with van der Waals surface area (Å²) in [5.74, 6) is 0.443. The molecule has 0 bridgehead atoms. The van der Waals surface area contributed by atoms with Crippen LogP contribution < -0.4 is 20.5 Å². The van der Waals surface area contributed by atoms with E-state index in [0.29, 0.717) is 11.5 Å². The predicted molar refractivity (Wildman–Crippen MR) is 72.6 cm³/mol. The van der Waals surface area contributed by atoms with E-state index in [9.17, 15) is 4.79 Å². The summed E-state index contributed by atoms with van der Waals surface area (Å²) in [4.78, 5) is 12.2. The van der Waals surface area contributed by atoms with Crippen LogP contribution in [0.1, 0.15) is 24.2 Å². The van der Waals surface area contributed by atoms with Crippen molar-refractivity contribution in [3.05, 3.63) is 17.7 Å². The smallest absolute Gasteiger partial charge is 0.254 e. The van der Waals surface area contributed by atoms with Crippen LogP contribution in [0.15, 0.2) is 12.1 Å². The lowest BCUT2D eigenvalue weighted by molar-refractivity contribution is 0.0869. The van der Waals surface area contributed by atoms with Crippen molar-refractivity contribution in [3.63, 3.8) is 0 Å². The summed E-state index contributed by atoms with van der Waals surface area (Å²) >= 11 is 0. The van der Waals surface area contributed by atoms with E-state index < -0.39 is 11.4 Å². The second-order valence-corrected chi connectivity index (χ2v) is 4.79. The number of hydrogen-bond acceptors (Lipinski definition) is 5. The van der Waals surface area contributed by atoms with E-state index >= 15 is 0 Å². The Balaban J connectivity index is 3.15. The quantitative estimate of drug-likeness (QED) is 0.686. The number of benzene rings is 1. The summed E-state index contributed by atoms with van der Waals surface area (Å²) in [6, 6.07) is 3.13. The highest BCUT2D eigenvalue weighted by molar-refractivity contribution is 6.01. The lowest BCUT2D eigenvalue weighted by Gasteiger charge is -2.24. The minimum atomic E-state index is -0.736. The number of carbonyl (C=O) groups excluding carboxylic acids is 1. The molecule has 6 nitrogen and oxygen atoms in total. The van der Waals surface area contributed by atoms with Gasteiger partial charge in [0.05, 0.1) is 37.6 Å². The number of aliphatic hydroxyl groups excluding tert-OH is 1. The summed E-state index contributed by atoms with van der Waals surface area (Å²) in [6.07, 6.45) is 0. The zero-order valence-electron chi connectivity index (χ0n) is 11.6. The lowest BCUT2D eigenvalue weighted by Crippen LogP contribution is -2.46. The van der Waals surface area contributed by atoms with Crippen LogP contribution in [-0.2, 0) is 0 Å². The molecule has 0 aliphatic rings. The van der Waals surface area contributed by atoms with E-state index in [1.54, 1.807) is 19.9 Å². The van der Waals surface area contributed by atoms with Crippen LogP contribution in [0, 0.1) is 0 Å². The zero-order chi connectivity index (χ0) is 14.6. The van der Waals surface area contributed by atoms with Crippen molar-refractivity contribution in [1.29, 1.82) is 0 Å². The fourth-order valence-corrected chi connectivity index (χ4v) is 1.49. The molecular weight excluding hydrogens is 248 g/mol. The Bertz CT molecular complexity index is 472. The van der Waals surface area contributed by atoms with Gasteiger partial charge in [-0.3, -0.25) is 4.79 Å². The molecule has 1 aromatic carbocycles. The Kier molecular flexibility index (Phi) is 4.61. The third kappa shape index (κ3) is 3.51. The molecule has 6 heteroatoms. The van der Waals surface area contributed by atoms with E-state index in [-0.39, 0.29) is 17.9 Å². The molecule has 0 radical (unpaired) electrons. The summed E-state index contributed by atoms with van der Waals surface area (Å²) in [5, 5.41) is 11.9. The minimum absolute atomic E-state index is 0.181. The van der Waals surface area contributed by atoms with Crippen LogP contribution >= 0.6 is 0 Å². The maximum atomic E-state index is 12.2. The largest absolute Gasteiger partial charge is 0.497 e. The Morgan fingerprint density at radius 3 is 2.47 bits per heavy atom. The highest BCUT2D eigenvalue weighted by Gasteiger charge is 2.23. The van der Waals surface area contributed by atoms with E-state index in [1.807, 2.05) is 0 Å². The lowest BCUT2D eigenvalue weighted by atomic mass is 10.0. The molecule has 0 heterocycles. The Morgan fingerprint density at radius 2 is 2.00 bits per heavy atom. The molecule has 0 aliphatic carbocycles. The number of nitrogens with one attached hydrogen (secondary N) is 1. The molecule has 0 fully saturated rings. The topological polar surface area (TPSA) is 93.8 Å². The first-order valence-corrected chi connectivity index (χ1v) is 5.79. The first-order valence-electron chi connectivity index (χ1n) is 5.79. The summed E-state index contributed by atoms with van der Waals surface area (Å²) in [6.45, 7) is 3.23. The van der Waals surface area contributed by atoms with Gasteiger partial charge in [0, 0.05) is 6.07 Å². The molecule has 0 atom stereocenters. The van der Waals surface area contributed by atoms with Crippen LogP contribution in [0.3, 0.4) is 0 Å². The number of amides is 1. The normalized spacial score (nSPS) is 11.0. The van der Waals surface area contributed by atoms with E-state index in [0.717, 1.165) is 0 Å². The van der Waals surface area contributed by atoms with E-state index in [1.165, 1.54) is 20.3 Å². The summed E-state index contributed by atoms with van der Waals surface area (Å²) in [5.41, 5.74) is 5.62. The fourth-order valence-electron chi connectivity index (χ4n) is 1.49. The van der Waals surface area contributed by atoms with Crippen molar-refractivity contribution in [2.24, 2.45) is 0 Å². The number of hydrogen-bond donors (Lipinski definition) is 3. The maximum Gasteiger partial charge on any atom is 0.254 e. The number of anilines is 1. The fraction of sp³-hybridized carbons (Fsp3) is 0.462. The number of methoxy groups -OCH3 is 2. The molecule has 0 spiro atoms. The molecule has 19 heavy (non-hydrogen) atoms. The summed E-state index contributed by atoms with van der Waals surface area (Å²) < 4.78 is 10.2. The van der Waals surface area contributed by atoms with Crippen LogP contribution in [-0.4, -0.2) is 37.4 Å². The van der Waals surface area contributed by atoms with Crippen molar-refractivity contribution in [2.75, 3.05) is 26.6 Å². The molecule has 0 unspecified atom stereocenters. The first kappa shape index (κ1) is 15.1. The number of ether oxygens (including phenoxy) is 2. The Labute approximate surface area is 112 Å². The van der Waals surface area contributed by atoms with Gasteiger partial charge in [-0.15, -0.1) is 0 Å². The van der Waals surface area contributed by atoms with E-state index in [4.69, 9.17) is 20.3 Å². The highest BCUT2D eigenvalue weighted by atomic mass is 16.5. The number of nitrogens with two attached hydrogens (primary N) is 1. The molecular formula is C13H20N2O4. The standard InChI is InChI=1S/C13H20N2O4/c1-13(2,7-16)15-12(17)9-5-8(18-3)6-10(19-4)11(9)14/h5-6,16H,7,14H2,1-4H3,(H,15,17). The van der Waals surface area contributed by atoms with Gasteiger partial charge < -0.3 is 25.6 Å². The molecule has 106 valence electrons. The second kappa shape index (κ2) is 5.79. The third-order valence-corrected chi connectivity index (χ3v) is 2.66. The maximum absolute atomic E-state index is 12.2. The number of nitrogen functional groups attached to an aromatic ring is 1. The van der Waals surface area contributed by atoms with Crippen LogP contribution in [0.4, 0.5) is 5.69 Å². The average Bonchev–Trinajstić information content (AvgIpc) is 2.38. The Morgan fingerprint density at radius 1 is 1.37 bits per heavy atom. The van der Waals surface area contributed by atoms with Gasteiger partial charge in [0.15, 0.2) is 0 Å². The molecule has 0 saturated heterocycles. The van der Waals surface area contributed by atoms with Gasteiger partial charge in [-0.05, 0) is 19.9 Å². The first-order chi connectivity index (χ1) is 8.84. The number of rotatable bonds is 5. The van der Waals surface area contributed by atoms with Gasteiger partial charge in [-0.1, -0.05) is 0 Å². The van der Waals surface area contributed by atoms with Gasteiger partial charge in [0.2, 0.25) is 0 Å². The number of aliphatic hydroxyl groups is 1. The monoisotopic (exact) mass is 268 g/mol. The predicted octanol–water partition coefficient (Wildman–Crippen LogP) is 0.787. The van der Waals surface area contributed by atoms with Gasteiger partial charge in [0.1, 0.15) is 11.5 Å². The van der Waals surface area contributed by atoms with Gasteiger partial charge in [-0.2, -0.15) is 0 Å². The number of carbonyl (C=O) groups is 1. The Hall–Kier alpha value is -1.95. The second-order valence-electron chi connectivity index (χ2n) is 4.79. The minimum Gasteiger partial charge on any atom is -0.497 e. The molecule has 0 aromatic heterocycles. The van der Waals surface area contributed by atoms with Crippen molar-refractivity contribution in [1.82, 2.24) is 5.32 Å². The molecule has 1 aromatic rings. The molecule has 1 amide bonds. The van der Waals surface area contributed by atoms with Gasteiger partial charge in [-0.25, -0.2) is 0 Å². The zero-order valence-corrected chi connectivity index (χ0v) is 11.6. The third-order valence-electron chi connectivity index (χ3n) is 2.66. The van der Waals surface area contributed by atoms with Crippen molar-refractivity contribution < 1.29 is 19.4 Å². The molecule has 0 aliphatic heterocycles. The SMILES string of the molecule is COc1cc(OC)c(N)c(C(=O)NC(C)(C)CO)c1. The van der Waals surface area contributed by atoms with Crippen LogP contribution in [0.25, 0.3) is 0 Å².